The van der Waals surface area contributed by atoms with Crippen molar-refractivity contribution in [3.05, 3.63) is 53.0 Å². The number of nitrogens with one attached hydrogen (secondary N) is 1. The van der Waals surface area contributed by atoms with Gasteiger partial charge in [-0.05, 0) is 55.2 Å². The van der Waals surface area contributed by atoms with Crippen LogP contribution < -0.4 is 11.1 Å². The van der Waals surface area contributed by atoms with E-state index in [2.05, 4.69) is 10.3 Å². The molecule has 4 heteroatoms. The number of hydrogen-bond donors (Lipinski definition) is 2. The first-order chi connectivity index (χ1) is 9.06. The van der Waals surface area contributed by atoms with Gasteiger partial charge in [0.05, 0.1) is 11.9 Å². The van der Waals surface area contributed by atoms with E-state index in [0.717, 1.165) is 35.5 Å². The lowest BCUT2D eigenvalue weighted by molar-refractivity contribution is 0.625. The highest BCUT2D eigenvalue weighted by Gasteiger charge is 2.02. The summed E-state index contributed by atoms with van der Waals surface area (Å²) < 4.78 is 13.0. The van der Waals surface area contributed by atoms with Crippen LogP contribution in [-0.4, -0.2) is 11.5 Å². The molecule has 1 heterocycles. The summed E-state index contributed by atoms with van der Waals surface area (Å²) in [7, 11) is 0. The first-order valence-electron chi connectivity index (χ1n) is 6.27. The van der Waals surface area contributed by atoms with Crippen molar-refractivity contribution in [3.63, 3.8) is 0 Å². The van der Waals surface area contributed by atoms with Gasteiger partial charge < -0.3 is 11.1 Å². The smallest absolute Gasteiger partial charge is 0.129 e. The SMILES string of the molecule is Cc1cc(F)ccc1CCNc1ncc(N)cc1C. The Morgan fingerprint density at radius 3 is 2.68 bits per heavy atom. The number of aryl methyl sites for hydroxylation is 2. The fourth-order valence-electron chi connectivity index (χ4n) is 2.04. The molecule has 1 aromatic carbocycles. The predicted octanol–water partition coefficient (Wildman–Crippen LogP) is 3.07. The second kappa shape index (κ2) is 5.69. The molecule has 1 aromatic heterocycles. The third-order valence-corrected chi connectivity index (χ3v) is 3.09. The minimum Gasteiger partial charge on any atom is -0.397 e. The average Bonchev–Trinajstić information content (AvgIpc) is 2.34. The van der Waals surface area contributed by atoms with Crippen LogP contribution in [0, 0.1) is 19.7 Å². The number of halogens is 1. The maximum Gasteiger partial charge on any atom is 0.129 e. The third-order valence-electron chi connectivity index (χ3n) is 3.09. The summed E-state index contributed by atoms with van der Waals surface area (Å²) >= 11 is 0. The van der Waals surface area contributed by atoms with E-state index in [-0.39, 0.29) is 5.82 Å². The van der Waals surface area contributed by atoms with Gasteiger partial charge in [0.15, 0.2) is 0 Å². The van der Waals surface area contributed by atoms with E-state index in [9.17, 15) is 4.39 Å². The number of nitrogen functional groups attached to an aromatic ring is 1. The molecule has 3 N–H and O–H groups in total. The molecule has 2 aromatic rings. The summed E-state index contributed by atoms with van der Waals surface area (Å²) in [4.78, 5) is 4.25. The molecule has 3 nitrogen and oxygen atoms in total. The van der Waals surface area contributed by atoms with Crippen molar-refractivity contribution >= 4 is 11.5 Å². The molecular formula is C15H18FN3. The Balaban J connectivity index is 1.96. The van der Waals surface area contributed by atoms with Gasteiger partial charge in [-0.1, -0.05) is 6.07 Å². The molecule has 0 aliphatic rings. The first-order valence-corrected chi connectivity index (χ1v) is 6.27. The number of nitrogens with two attached hydrogens (primary N) is 1. The zero-order valence-corrected chi connectivity index (χ0v) is 11.2. The maximum absolute atomic E-state index is 13.0. The second-order valence-corrected chi connectivity index (χ2v) is 4.68. The monoisotopic (exact) mass is 259 g/mol. The molecule has 0 fully saturated rings. The molecule has 0 atom stereocenters. The Kier molecular flexibility index (Phi) is 4.00. The Morgan fingerprint density at radius 2 is 2.00 bits per heavy atom. The van der Waals surface area contributed by atoms with E-state index in [1.807, 2.05) is 26.0 Å². The molecule has 0 aliphatic carbocycles. The Labute approximate surface area is 112 Å². The van der Waals surface area contributed by atoms with E-state index in [4.69, 9.17) is 5.73 Å². The van der Waals surface area contributed by atoms with E-state index in [0.29, 0.717) is 5.69 Å². The van der Waals surface area contributed by atoms with Gasteiger partial charge in [0.1, 0.15) is 11.6 Å². The highest BCUT2D eigenvalue weighted by molar-refractivity contribution is 5.50. The van der Waals surface area contributed by atoms with Crippen LogP contribution in [0.5, 0.6) is 0 Å². The molecule has 0 spiro atoms. The van der Waals surface area contributed by atoms with Crippen molar-refractivity contribution in [1.82, 2.24) is 4.98 Å². The zero-order chi connectivity index (χ0) is 13.8. The lowest BCUT2D eigenvalue weighted by Gasteiger charge is -2.10. The number of anilines is 2. The Hall–Kier alpha value is -2.10. The van der Waals surface area contributed by atoms with Crippen molar-refractivity contribution in [3.8, 4) is 0 Å². The van der Waals surface area contributed by atoms with Gasteiger partial charge >= 0.3 is 0 Å². The van der Waals surface area contributed by atoms with E-state index < -0.39 is 0 Å². The molecule has 0 saturated carbocycles. The van der Waals surface area contributed by atoms with Crippen molar-refractivity contribution in [2.75, 3.05) is 17.6 Å². The molecule has 0 unspecified atom stereocenters. The quantitative estimate of drug-likeness (QED) is 0.887. The zero-order valence-electron chi connectivity index (χ0n) is 11.2. The molecule has 0 bridgehead atoms. The van der Waals surface area contributed by atoms with Gasteiger partial charge in [-0.25, -0.2) is 9.37 Å². The second-order valence-electron chi connectivity index (χ2n) is 4.68. The number of nitrogens with zero attached hydrogens (tertiary/aromatic N) is 1. The predicted molar refractivity (Wildman–Crippen MR) is 76.7 cm³/mol. The van der Waals surface area contributed by atoms with E-state index in [1.165, 1.54) is 6.07 Å². The van der Waals surface area contributed by atoms with Gasteiger partial charge in [-0.3, -0.25) is 0 Å². The minimum atomic E-state index is -0.190. The summed E-state index contributed by atoms with van der Waals surface area (Å²) in [6.07, 6.45) is 2.47. The lowest BCUT2D eigenvalue weighted by atomic mass is 10.1. The molecule has 2 rings (SSSR count). The number of aromatic nitrogens is 1. The number of pyridine rings is 1. The highest BCUT2D eigenvalue weighted by Crippen LogP contribution is 2.15. The molecule has 0 aliphatic heterocycles. The first kappa shape index (κ1) is 13.3. The van der Waals surface area contributed by atoms with Gasteiger partial charge in [0.25, 0.3) is 0 Å². The fourth-order valence-corrected chi connectivity index (χ4v) is 2.04. The van der Waals surface area contributed by atoms with Crippen LogP contribution in [0.15, 0.2) is 30.5 Å². The summed E-state index contributed by atoms with van der Waals surface area (Å²) in [5.74, 6) is 0.652. The Bertz CT molecular complexity index is 530. The molecule has 0 amide bonds. The molecule has 0 radical (unpaired) electrons. The minimum absolute atomic E-state index is 0.190. The molecular weight excluding hydrogens is 241 g/mol. The molecule has 0 saturated heterocycles. The average molecular weight is 259 g/mol. The summed E-state index contributed by atoms with van der Waals surface area (Å²) in [6, 6.07) is 6.77. The van der Waals surface area contributed by atoms with E-state index >= 15 is 0 Å². The van der Waals surface area contributed by atoms with Crippen LogP contribution in [0.2, 0.25) is 0 Å². The topological polar surface area (TPSA) is 50.9 Å². The van der Waals surface area contributed by atoms with Crippen LogP contribution in [-0.2, 0) is 6.42 Å². The maximum atomic E-state index is 13.0. The molecule has 100 valence electrons. The number of hydrogen-bond acceptors (Lipinski definition) is 3. The third kappa shape index (κ3) is 3.44. The van der Waals surface area contributed by atoms with Crippen molar-refractivity contribution in [2.45, 2.75) is 20.3 Å². The van der Waals surface area contributed by atoms with Crippen LogP contribution in [0.3, 0.4) is 0 Å². The van der Waals surface area contributed by atoms with Crippen molar-refractivity contribution < 1.29 is 4.39 Å². The van der Waals surface area contributed by atoms with Crippen LogP contribution in [0.1, 0.15) is 16.7 Å². The van der Waals surface area contributed by atoms with Gasteiger partial charge in [0.2, 0.25) is 0 Å². The van der Waals surface area contributed by atoms with Gasteiger partial charge in [-0.15, -0.1) is 0 Å². The summed E-state index contributed by atoms with van der Waals surface area (Å²) in [5.41, 5.74) is 9.46. The van der Waals surface area contributed by atoms with Crippen molar-refractivity contribution in [2.24, 2.45) is 0 Å². The largest absolute Gasteiger partial charge is 0.397 e. The summed E-state index contributed by atoms with van der Waals surface area (Å²) in [6.45, 7) is 4.64. The normalized spacial score (nSPS) is 10.5. The van der Waals surface area contributed by atoms with Crippen LogP contribution >= 0.6 is 0 Å². The fraction of sp³-hybridized carbons (Fsp3) is 0.267. The van der Waals surface area contributed by atoms with Gasteiger partial charge in [-0.2, -0.15) is 0 Å². The number of benzene rings is 1. The highest BCUT2D eigenvalue weighted by atomic mass is 19.1. The standard InChI is InChI=1S/C15H18FN3/c1-10-7-13(16)4-3-12(10)5-6-18-15-11(2)8-14(17)9-19-15/h3-4,7-9H,5-6,17H2,1-2H3,(H,18,19). The Morgan fingerprint density at radius 1 is 1.21 bits per heavy atom. The van der Waals surface area contributed by atoms with Crippen molar-refractivity contribution in [1.29, 1.82) is 0 Å². The van der Waals surface area contributed by atoms with E-state index in [1.54, 1.807) is 12.3 Å². The number of rotatable bonds is 4. The van der Waals surface area contributed by atoms with Gasteiger partial charge in [0, 0.05) is 6.54 Å². The van der Waals surface area contributed by atoms with Crippen LogP contribution in [0.4, 0.5) is 15.9 Å². The summed E-state index contributed by atoms with van der Waals surface area (Å²) in [5, 5.41) is 3.27. The van der Waals surface area contributed by atoms with Crippen LogP contribution in [0.25, 0.3) is 0 Å². The lowest BCUT2D eigenvalue weighted by Crippen LogP contribution is -2.08. The molecule has 19 heavy (non-hydrogen) atoms.